The van der Waals surface area contributed by atoms with E-state index < -0.39 is 5.97 Å². The van der Waals surface area contributed by atoms with Gasteiger partial charge < -0.3 is 14.8 Å². The average Bonchev–Trinajstić information content (AvgIpc) is 2.64. The fourth-order valence-electron chi connectivity index (χ4n) is 2.18. The van der Waals surface area contributed by atoms with E-state index in [1.165, 1.54) is 12.1 Å². The first kappa shape index (κ1) is 20.7. The van der Waals surface area contributed by atoms with E-state index in [1.807, 2.05) is 6.07 Å². The molecule has 0 saturated heterocycles. The molecule has 0 radical (unpaired) electrons. The van der Waals surface area contributed by atoms with E-state index in [1.54, 1.807) is 31.2 Å². The SMILES string of the molecule is CCOc1cc(C#N)cc(Br)c1OC(=O)CCNC(=O)c1ccccc1Cl. The van der Waals surface area contributed by atoms with Gasteiger partial charge >= 0.3 is 5.97 Å². The van der Waals surface area contributed by atoms with Gasteiger partial charge in [-0.1, -0.05) is 23.7 Å². The first-order chi connectivity index (χ1) is 13.0. The molecule has 2 aromatic carbocycles. The van der Waals surface area contributed by atoms with E-state index in [9.17, 15) is 9.59 Å². The lowest BCUT2D eigenvalue weighted by atomic mass is 10.2. The lowest BCUT2D eigenvalue weighted by Crippen LogP contribution is -2.27. The molecule has 27 heavy (non-hydrogen) atoms. The predicted molar refractivity (Wildman–Crippen MR) is 104 cm³/mol. The largest absolute Gasteiger partial charge is 0.490 e. The molecule has 0 aliphatic heterocycles. The number of nitrogens with one attached hydrogen (secondary N) is 1. The first-order valence-electron chi connectivity index (χ1n) is 8.06. The molecule has 0 heterocycles. The monoisotopic (exact) mass is 450 g/mol. The molecule has 2 aromatic rings. The van der Waals surface area contributed by atoms with Gasteiger partial charge in [-0.3, -0.25) is 9.59 Å². The van der Waals surface area contributed by atoms with Crippen LogP contribution >= 0.6 is 27.5 Å². The molecule has 0 aromatic heterocycles. The molecule has 6 nitrogen and oxygen atoms in total. The number of carbonyl (C=O) groups excluding carboxylic acids is 2. The maximum Gasteiger partial charge on any atom is 0.313 e. The van der Waals surface area contributed by atoms with Crippen LogP contribution in [0.25, 0.3) is 0 Å². The third-order valence-electron chi connectivity index (χ3n) is 3.39. The van der Waals surface area contributed by atoms with Crippen molar-refractivity contribution in [1.29, 1.82) is 5.26 Å². The summed E-state index contributed by atoms with van der Waals surface area (Å²) in [6.45, 7) is 2.21. The molecule has 0 unspecified atom stereocenters. The van der Waals surface area contributed by atoms with Gasteiger partial charge in [-0.15, -0.1) is 0 Å². The van der Waals surface area contributed by atoms with Gasteiger partial charge in [0, 0.05) is 12.6 Å². The number of ether oxygens (including phenoxy) is 2. The molecule has 1 N–H and O–H groups in total. The number of amides is 1. The second kappa shape index (κ2) is 9.95. The first-order valence-corrected chi connectivity index (χ1v) is 9.23. The molecule has 0 atom stereocenters. The van der Waals surface area contributed by atoms with E-state index in [-0.39, 0.29) is 30.4 Å². The zero-order chi connectivity index (χ0) is 19.8. The molecule has 0 bridgehead atoms. The van der Waals surface area contributed by atoms with E-state index >= 15 is 0 Å². The van der Waals surface area contributed by atoms with Gasteiger partial charge in [0.2, 0.25) is 0 Å². The Balaban J connectivity index is 1.97. The van der Waals surface area contributed by atoms with Crippen LogP contribution in [0.1, 0.15) is 29.3 Å². The third kappa shape index (κ3) is 5.71. The molecular weight excluding hydrogens is 436 g/mol. The second-order valence-corrected chi connectivity index (χ2v) is 6.55. The van der Waals surface area contributed by atoms with Gasteiger partial charge in [0.05, 0.1) is 39.7 Å². The van der Waals surface area contributed by atoms with Crippen molar-refractivity contribution in [2.24, 2.45) is 0 Å². The Morgan fingerprint density at radius 2 is 2.04 bits per heavy atom. The Morgan fingerprint density at radius 3 is 2.70 bits per heavy atom. The van der Waals surface area contributed by atoms with E-state index in [0.29, 0.717) is 27.2 Å². The van der Waals surface area contributed by atoms with Crippen LogP contribution in [-0.4, -0.2) is 25.0 Å². The minimum atomic E-state index is -0.555. The molecule has 8 heteroatoms. The minimum absolute atomic E-state index is 0.0474. The number of halogens is 2. The number of esters is 1. The minimum Gasteiger partial charge on any atom is -0.490 e. The Morgan fingerprint density at radius 1 is 1.30 bits per heavy atom. The van der Waals surface area contributed by atoms with Crippen LogP contribution in [0.15, 0.2) is 40.9 Å². The quantitative estimate of drug-likeness (QED) is 0.506. The fraction of sp³-hybridized carbons (Fsp3) is 0.211. The molecule has 0 fully saturated rings. The van der Waals surface area contributed by atoms with Crippen molar-refractivity contribution in [3.63, 3.8) is 0 Å². The average molecular weight is 452 g/mol. The smallest absolute Gasteiger partial charge is 0.313 e. The summed E-state index contributed by atoms with van der Waals surface area (Å²) < 4.78 is 11.2. The summed E-state index contributed by atoms with van der Waals surface area (Å²) in [5.41, 5.74) is 0.707. The molecule has 2 rings (SSSR count). The topological polar surface area (TPSA) is 88.4 Å². The maximum absolute atomic E-state index is 12.1. The fourth-order valence-corrected chi connectivity index (χ4v) is 2.92. The van der Waals surface area contributed by atoms with Crippen LogP contribution in [0, 0.1) is 11.3 Å². The Kier molecular flexibility index (Phi) is 7.65. The van der Waals surface area contributed by atoms with Gasteiger partial charge in [-0.25, -0.2) is 0 Å². The standard InChI is InChI=1S/C19H16BrClN2O4/c1-2-26-16-10-12(11-22)9-14(20)18(16)27-17(24)7-8-23-19(25)13-5-3-4-6-15(13)21/h3-6,9-10H,2,7-8H2,1H3,(H,23,25). The van der Waals surface area contributed by atoms with Crippen LogP contribution in [0.3, 0.4) is 0 Å². The van der Waals surface area contributed by atoms with Crippen LogP contribution in [0.5, 0.6) is 11.5 Å². The summed E-state index contributed by atoms with van der Waals surface area (Å²) in [5, 5.41) is 12.0. The zero-order valence-corrected chi connectivity index (χ0v) is 16.8. The highest BCUT2D eigenvalue weighted by molar-refractivity contribution is 9.10. The van der Waals surface area contributed by atoms with E-state index in [2.05, 4.69) is 21.2 Å². The number of hydrogen-bond donors (Lipinski definition) is 1. The molecule has 0 spiro atoms. The van der Waals surface area contributed by atoms with Crippen LogP contribution in [0.2, 0.25) is 5.02 Å². The summed E-state index contributed by atoms with van der Waals surface area (Å²) in [6.07, 6.45) is -0.0474. The number of nitriles is 1. The molecule has 140 valence electrons. The van der Waals surface area contributed by atoms with Crippen molar-refractivity contribution in [3.05, 3.63) is 57.0 Å². The Bertz CT molecular complexity index is 896. The predicted octanol–water partition coefficient (Wildman–Crippen LogP) is 4.10. The van der Waals surface area contributed by atoms with Crippen molar-refractivity contribution in [2.45, 2.75) is 13.3 Å². The van der Waals surface area contributed by atoms with Crippen molar-refractivity contribution >= 4 is 39.4 Å². The molecular formula is C19H16BrClN2O4. The number of rotatable bonds is 7. The van der Waals surface area contributed by atoms with Gasteiger partial charge in [0.1, 0.15) is 0 Å². The van der Waals surface area contributed by atoms with Crippen molar-refractivity contribution in [3.8, 4) is 17.6 Å². The highest BCUT2D eigenvalue weighted by Gasteiger charge is 2.17. The third-order valence-corrected chi connectivity index (χ3v) is 4.31. The summed E-state index contributed by atoms with van der Waals surface area (Å²) in [7, 11) is 0. The van der Waals surface area contributed by atoms with E-state index in [4.69, 9.17) is 26.3 Å². The lowest BCUT2D eigenvalue weighted by Gasteiger charge is -2.13. The molecule has 0 aliphatic carbocycles. The van der Waals surface area contributed by atoms with Crippen LogP contribution in [-0.2, 0) is 4.79 Å². The van der Waals surface area contributed by atoms with Crippen LogP contribution < -0.4 is 14.8 Å². The molecule has 0 saturated carbocycles. The maximum atomic E-state index is 12.1. The Hall–Kier alpha value is -2.56. The summed E-state index contributed by atoms with van der Waals surface area (Å²) in [4.78, 5) is 24.2. The summed E-state index contributed by atoms with van der Waals surface area (Å²) in [6, 6.07) is 11.7. The van der Waals surface area contributed by atoms with Crippen molar-refractivity contribution in [2.75, 3.05) is 13.2 Å². The van der Waals surface area contributed by atoms with Gasteiger partial charge in [0.15, 0.2) is 11.5 Å². The van der Waals surface area contributed by atoms with Gasteiger partial charge in [-0.2, -0.15) is 5.26 Å². The molecule has 0 aliphatic rings. The molecule has 1 amide bonds. The van der Waals surface area contributed by atoms with Crippen molar-refractivity contribution < 1.29 is 19.1 Å². The lowest BCUT2D eigenvalue weighted by molar-refractivity contribution is -0.134. The highest BCUT2D eigenvalue weighted by atomic mass is 79.9. The summed E-state index contributed by atoms with van der Waals surface area (Å²) >= 11 is 9.24. The van der Waals surface area contributed by atoms with Crippen molar-refractivity contribution in [1.82, 2.24) is 5.32 Å². The normalized spacial score (nSPS) is 10.0. The Labute approximate surface area is 170 Å². The van der Waals surface area contributed by atoms with Crippen LogP contribution in [0.4, 0.5) is 0 Å². The van der Waals surface area contributed by atoms with Gasteiger partial charge in [-0.05, 0) is 41.1 Å². The number of hydrogen-bond acceptors (Lipinski definition) is 5. The summed E-state index contributed by atoms with van der Waals surface area (Å²) in [5.74, 6) is -0.445. The number of carbonyl (C=O) groups is 2. The zero-order valence-electron chi connectivity index (χ0n) is 14.4. The van der Waals surface area contributed by atoms with Gasteiger partial charge in [0.25, 0.3) is 5.91 Å². The second-order valence-electron chi connectivity index (χ2n) is 5.29. The number of benzene rings is 2. The highest BCUT2D eigenvalue weighted by Crippen LogP contribution is 2.37. The number of nitrogens with zero attached hydrogens (tertiary/aromatic N) is 1. The van der Waals surface area contributed by atoms with E-state index in [0.717, 1.165) is 0 Å².